The molecule has 0 radical (unpaired) electrons. The predicted molar refractivity (Wildman–Crippen MR) is 107 cm³/mol. The van der Waals surface area contributed by atoms with E-state index in [1.807, 2.05) is 31.1 Å². The van der Waals surface area contributed by atoms with E-state index in [4.69, 9.17) is 21.1 Å². The van der Waals surface area contributed by atoms with Crippen LogP contribution in [0, 0.1) is 0 Å². The molecule has 2 aromatic carbocycles. The van der Waals surface area contributed by atoms with Crippen molar-refractivity contribution in [3.63, 3.8) is 0 Å². The van der Waals surface area contributed by atoms with E-state index in [0.717, 1.165) is 5.56 Å². The van der Waals surface area contributed by atoms with Gasteiger partial charge in [-0.3, -0.25) is 0 Å². The summed E-state index contributed by atoms with van der Waals surface area (Å²) < 4.78 is 38.5. The molecule has 0 saturated heterocycles. The molecule has 0 aliphatic carbocycles. The summed E-state index contributed by atoms with van der Waals surface area (Å²) in [5.74, 6) is 0.847. The van der Waals surface area contributed by atoms with Gasteiger partial charge in [-0.05, 0) is 43.9 Å². The standard InChI is InChI=1S/C19H25ClN2O4S/c1-21(2)10-11-22(14-15-6-5-7-16(20)12-15)27(23,24)17-8-9-18(25-3)19(13-17)26-4/h5-9,12-13H,10-11,14H2,1-4H3. The first kappa shape index (κ1) is 21.5. The molecule has 0 spiro atoms. The SMILES string of the molecule is COc1ccc(S(=O)(=O)N(CCN(C)C)Cc2cccc(Cl)c2)cc1OC. The second kappa shape index (κ2) is 9.41. The quantitative estimate of drug-likeness (QED) is 0.633. The molecule has 6 nitrogen and oxygen atoms in total. The van der Waals surface area contributed by atoms with Crippen LogP contribution in [0.4, 0.5) is 0 Å². The van der Waals surface area contributed by atoms with E-state index < -0.39 is 10.0 Å². The Balaban J connectivity index is 2.39. The second-order valence-corrected chi connectivity index (χ2v) is 8.66. The molecule has 8 heteroatoms. The summed E-state index contributed by atoms with van der Waals surface area (Å²) in [7, 11) is 3.05. The molecule has 0 fully saturated rings. The zero-order valence-electron chi connectivity index (χ0n) is 16.0. The van der Waals surface area contributed by atoms with Gasteiger partial charge in [-0.2, -0.15) is 4.31 Å². The van der Waals surface area contributed by atoms with Crippen LogP contribution in [0.2, 0.25) is 5.02 Å². The smallest absolute Gasteiger partial charge is 0.243 e. The summed E-state index contributed by atoms with van der Waals surface area (Å²) in [5.41, 5.74) is 0.824. The lowest BCUT2D eigenvalue weighted by Crippen LogP contribution is -2.36. The van der Waals surface area contributed by atoms with E-state index in [0.29, 0.717) is 29.6 Å². The summed E-state index contributed by atoms with van der Waals surface area (Å²) in [5, 5.41) is 0.573. The first-order chi connectivity index (χ1) is 12.8. The highest BCUT2D eigenvalue weighted by Crippen LogP contribution is 2.31. The predicted octanol–water partition coefficient (Wildman–Crippen LogP) is 3.11. The molecule has 0 aromatic heterocycles. The van der Waals surface area contributed by atoms with Gasteiger partial charge in [0.2, 0.25) is 10.0 Å². The number of benzene rings is 2. The molecule has 0 saturated carbocycles. The molecule has 0 aliphatic heterocycles. The van der Waals surface area contributed by atoms with E-state index in [-0.39, 0.29) is 11.4 Å². The fourth-order valence-corrected chi connectivity index (χ4v) is 4.21. The number of sulfonamides is 1. The molecular weight excluding hydrogens is 388 g/mol. The molecule has 0 bridgehead atoms. The molecule has 0 heterocycles. The second-order valence-electron chi connectivity index (χ2n) is 6.29. The molecule has 0 aliphatic rings. The number of halogens is 1. The van der Waals surface area contributed by atoms with Crippen LogP contribution < -0.4 is 9.47 Å². The zero-order chi connectivity index (χ0) is 20.0. The molecule has 0 atom stereocenters. The molecule has 0 N–H and O–H groups in total. The molecule has 27 heavy (non-hydrogen) atoms. The van der Waals surface area contributed by atoms with E-state index in [1.54, 1.807) is 18.2 Å². The van der Waals surface area contributed by atoms with E-state index in [2.05, 4.69) is 0 Å². The van der Waals surface area contributed by atoms with Crippen LogP contribution in [-0.2, 0) is 16.6 Å². The number of likely N-dealkylation sites (N-methyl/N-ethyl adjacent to an activating group) is 1. The van der Waals surface area contributed by atoms with Gasteiger partial charge in [-0.1, -0.05) is 23.7 Å². The lowest BCUT2D eigenvalue weighted by atomic mass is 10.2. The third-order valence-corrected chi connectivity index (χ3v) is 6.11. The Bertz CT molecular complexity index is 872. The third kappa shape index (κ3) is 5.59. The lowest BCUT2D eigenvalue weighted by molar-refractivity contribution is 0.328. The molecule has 0 unspecified atom stereocenters. The Morgan fingerprint density at radius 3 is 2.26 bits per heavy atom. The van der Waals surface area contributed by atoms with Crippen LogP contribution in [0.3, 0.4) is 0 Å². The summed E-state index contributed by atoms with van der Waals surface area (Å²) in [6.07, 6.45) is 0. The van der Waals surface area contributed by atoms with Gasteiger partial charge in [0.25, 0.3) is 0 Å². The Hall–Kier alpha value is -1.80. The summed E-state index contributed by atoms with van der Waals surface area (Å²) in [6, 6.07) is 11.8. The molecule has 0 amide bonds. The van der Waals surface area contributed by atoms with Crippen molar-refractivity contribution in [2.24, 2.45) is 0 Å². The Labute approximate surface area is 166 Å². The van der Waals surface area contributed by atoms with Crippen LogP contribution in [-0.4, -0.2) is 59.0 Å². The average molecular weight is 413 g/mol. The lowest BCUT2D eigenvalue weighted by Gasteiger charge is -2.24. The van der Waals surface area contributed by atoms with Gasteiger partial charge in [0, 0.05) is 30.7 Å². The van der Waals surface area contributed by atoms with Crippen LogP contribution in [0.5, 0.6) is 11.5 Å². The van der Waals surface area contributed by atoms with Crippen LogP contribution in [0.15, 0.2) is 47.4 Å². The van der Waals surface area contributed by atoms with E-state index in [9.17, 15) is 8.42 Å². The van der Waals surface area contributed by atoms with Gasteiger partial charge in [-0.15, -0.1) is 0 Å². The largest absolute Gasteiger partial charge is 0.493 e. The van der Waals surface area contributed by atoms with Gasteiger partial charge in [0.15, 0.2) is 11.5 Å². The zero-order valence-corrected chi connectivity index (χ0v) is 17.5. The fourth-order valence-electron chi connectivity index (χ4n) is 2.56. The Morgan fingerprint density at radius 1 is 0.963 bits per heavy atom. The molecule has 148 valence electrons. The number of hydrogen-bond donors (Lipinski definition) is 0. The number of ether oxygens (including phenoxy) is 2. The third-order valence-electron chi connectivity index (χ3n) is 4.04. The Kier molecular flexibility index (Phi) is 7.49. The van der Waals surface area contributed by atoms with Crippen LogP contribution in [0.25, 0.3) is 0 Å². The van der Waals surface area contributed by atoms with Gasteiger partial charge < -0.3 is 14.4 Å². The summed E-state index contributed by atoms with van der Waals surface area (Å²) >= 11 is 6.05. The van der Waals surface area contributed by atoms with Gasteiger partial charge in [0.05, 0.1) is 19.1 Å². The molecule has 2 rings (SSSR count). The van der Waals surface area contributed by atoms with Crippen LogP contribution in [0.1, 0.15) is 5.56 Å². The topological polar surface area (TPSA) is 59.1 Å². The van der Waals surface area contributed by atoms with Crippen molar-refractivity contribution >= 4 is 21.6 Å². The maximum Gasteiger partial charge on any atom is 0.243 e. The van der Waals surface area contributed by atoms with E-state index in [1.165, 1.54) is 30.7 Å². The normalized spacial score (nSPS) is 11.8. The maximum atomic E-state index is 13.3. The van der Waals surface area contributed by atoms with Gasteiger partial charge in [0.1, 0.15) is 0 Å². The first-order valence-electron chi connectivity index (χ1n) is 8.39. The minimum atomic E-state index is -3.74. The van der Waals surface area contributed by atoms with Crippen molar-refractivity contribution in [3.8, 4) is 11.5 Å². The fraction of sp³-hybridized carbons (Fsp3) is 0.368. The van der Waals surface area contributed by atoms with Crippen molar-refractivity contribution in [2.75, 3.05) is 41.4 Å². The van der Waals surface area contributed by atoms with Gasteiger partial charge >= 0.3 is 0 Å². The minimum absolute atomic E-state index is 0.154. The molecule has 2 aromatic rings. The number of nitrogens with zero attached hydrogens (tertiary/aromatic N) is 2. The first-order valence-corrected chi connectivity index (χ1v) is 10.2. The maximum absolute atomic E-state index is 13.3. The number of hydrogen-bond acceptors (Lipinski definition) is 5. The monoisotopic (exact) mass is 412 g/mol. The highest BCUT2D eigenvalue weighted by molar-refractivity contribution is 7.89. The van der Waals surface area contributed by atoms with E-state index >= 15 is 0 Å². The summed E-state index contributed by atoms with van der Waals surface area (Å²) in [4.78, 5) is 2.09. The highest BCUT2D eigenvalue weighted by atomic mass is 35.5. The molecular formula is C19H25ClN2O4S. The van der Waals surface area contributed by atoms with Crippen molar-refractivity contribution in [1.82, 2.24) is 9.21 Å². The van der Waals surface area contributed by atoms with Crippen molar-refractivity contribution < 1.29 is 17.9 Å². The highest BCUT2D eigenvalue weighted by Gasteiger charge is 2.26. The summed E-state index contributed by atoms with van der Waals surface area (Å²) in [6.45, 7) is 1.16. The minimum Gasteiger partial charge on any atom is -0.493 e. The average Bonchev–Trinajstić information content (AvgIpc) is 2.64. The van der Waals surface area contributed by atoms with Crippen molar-refractivity contribution in [1.29, 1.82) is 0 Å². The van der Waals surface area contributed by atoms with Gasteiger partial charge in [-0.25, -0.2) is 8.42 Å². The van der Waals surface area contributed by atoms with Crippen LogP contribution >= 0.6 is 11.6 Å². The number of rotatable bonds is 9. The number of methoxy groups -OCH3 is 2. The van der Waals surface area contributed by atoms with Crippen molar-refractivity contribution in [3.05, 3.63) is 53.1 Å². The Morgan fingerprint density at radius 2 is 1.67 bits per heavy atom. The van der Waals surface area contributed by atoms with Crippen molar-refractivity contribution in [2.45, 2.75) is 11.4 Å².